The minimum absolute atomic E-state index is 0.0815. The third-order valence-corrected chi connectivity index (χ3v) is 10.1. The number of urea groups is 1. The van der Waals surface area contributed by atoms with Gasteiger partial charge in [-0.2, -0.15) is 9.97 Å². The summed E-state index contributed by atoms with van der Waals surface area (Å²) >= 11 is 0. The predicted molar refractivity (Wildman–Crippen MR) is 163 cm³/mol. The molecule has 4 fully saturated rings. The van der Waals surface area contributed by atoms with Crippen LogP contribution in [-0.2, 0) is 0 Å². The van der Waals surface area contributed by atoms with Gasteiger partial charge in [-0.1, -0.05) is 30.3 Å². The number of carbonyl (C=O) groups excluding carboxylic acids is 1. The number of piperazine rings is 1. The van der Waals surface area contributed by atoms with Crippen molar-refractivity contribution < 1.29 is 14.6 Å². The van der Waals surface area contributed by atoms with Crippen molar-refractivity contribution in [3.63, 3.8) is 0 Å². The predicted octanol–water partition coefficient (Wildman–Crippen LogP) is 4.89. The van der Waals surface area contributed by atoms with Crippen molar-refractivity contribution in [1.82, 2.24) is 19.8 Å². The maximum Gasteiger partial charge on any atom is 0.319 e. The average Bonchev–Trinajstić information content (AvgIpc) is 3.65. The lowest BCUT2D eigenvalue weighted by atomic mass is 9.95. The molecule has 0 radical (unpaired) electrons. The normalized spacial score (nSPS) is 23.1. The average molecular weight is 565 g/mol. The number of phenolic OH excluding ortho intramolecular Hbond substituents is 1. The molecule has 1 aromatic heterocycles. The van der Waals surface area contributed by atoms with Crippen LogP contribution in [0.2, 0.25) is 0 Å². The number of primary amides is 1. The van der Waals surface area contributed by atoms with Crippen LogP contribution in [0.25, 0.3) is 32.8 Å². The second-order valence-corrected chi connectivity index (χ2v) is 12.5. The summed E-state index contributed by atoms with van der Waals surface area (Å²) in [7, 11) is 0. The Hall–Kier alpha value is -4.11. The van der Waals surface area contributed by atoms with Crippen LogP contribution in [0.4, 0.5) is 10.6 Å². The summed E-state index contributed by atoms with van der Waals surface area (Å²) in [4.78, 5) is 28.9. The molecular weight excluding hydrogens is 528 g/mol. The third kappa shape index (κ3) is 4.13. The Balaban J connectivity index is 1.21. The highest BCUT2D eigenvalue weighted by Gasteiger charge is 2.45. The highest BCUT2D eigenvalue weighted by molar-refractivity contribution is 6.01. The van der Waals surface area contributed by atoms with Gasteiger partial charge in [0.25, 0.3) is 0 Å². The number of nitrogens with two attached hydrogens (primary N) is 1. The number of carbonyl (C=O) groups is 1. The fraction of sp³-hybridized carbons (Fsp3) is 0.424. The van der Waals surface area contributed by atoms with Crippen molar-refractivity contribution in [2.24, 2.45) is 5.73 Å². The zero-order valence-electron chi connectivity index (χ0n) is 23.7. The molecule has 216 valence electrons. The van der Waals surface area contributed by atoms with Crippen LogP contribution in [0.5, 0.6) is 11.8 Å². The zero-order chi connectivity index (χ0) is 28.4. The number of aromatic nitrogens is 2. The SMILES string of the molecule is NC(=O)N1C2CCC1CN(c1nc(OCC34CCCN3CCC4)nc3cc(-c4cc(O)cc5ccccc45)ccc13)C2. The van der Waals surface area contributed by atoms with Crippen molar-refractivity contribution in [3.05, 3.63) is 54.6 Å². The second-order valence-electron chi connectivity index (χ2n) is 12.5. The number of hydrogen-bond donors (Lipinski definition) is 2. The summed E-state index contributed by atoms with van der Waals surface area (Å²) in [5, 5.41) is 13.5. The maximum atomic E-state index is 12.2. The van der Waals surface area contributed by atoms with E-state index in [0.717, 1.165) is 77.4 Å². The van der Waals surface area contributed by atoms with Gasteiger partial charge < -0.3 is 25.4 Å². The number of phenols is 1. The first-order chi connectivity index (χ1) is 20.5. The lowest BCUT2D eigenvalue weighted by Crippen LogP contribution is -2.57. The van der Waals surface area contributed by atoms with Gasteiger partial charge in [0, 0.05) is 18.5 Å². The van der Waals surface area contributed by atoms with Crippen LogP contribution in [-0.4, -0.2) is 81.3 Å². The molecule has 2 amide bonds. The minimum atomic E-state index is -0.335. The first-order valence-electron chi connectivity index (χ1n) is 15.2. The number of ether oxygens (including phenoxy) is 1. The molecule has 4 aliphatic heterocycles. The minimum Gasteiger partial charge on any atom is -0.508 e. The van der Waals surface area contributed by atoms with Crippen molar-refractivity contribution in [3.8, 4) is 22.9 Å². The van der Waals surface area contributed by atoms with Crippen LogP contribution >= 0.6 is 0 Å². The highest BCUT2D eigenvalue weighted by atomic mass is 16.5. The van der Waals surface area contributed by atoms with Gasteiger partial charge in [-0.25, -0.2) is 4.79 Å². The molecule has 0 spiro atoms. The second kappa shape index (κ2) is 9.73. The maximum absolute atomic E-state index is 12.2. The van der Waals surface area contributed by atoms with E-state index in [-0.39, 0.29) is 29.4 Å². The summed E-state index contributed by atoms with van der Waals surface area (Å²) in [6, 6.07) is 18.2. The van der Waals surface area contributed by atoms with E-state index < -0.39 is 0 Å². The standard InChI is InChI=1S/C33H36N6O3/c34-31(41)39-23-8-9-24(39)19-37(18-23)30-27-10-7-22(28-17-25(40)15-21-5-1-2-6-26(21)28)16-29(27)35-32(36-30)42-20-33-11-3-13-38(33)14-4-12-33/h1-2,5-7,10,15-17,23-24,40H,3-4,8-9,11-14,18-20H2,(H2,34,41). The van der Waals surface area contributed by atoms with E-state index in [0.29, 0.717) is 25.7 Å². The van der Waals surface area contributed by atoms with Crippen LogP contribution in [0, 0.1) is 0 Å². The molecule has 42 heavy (non-hydrogen) atoms. The number of hydrogen-bond acceptors (Lipinski definition) is 7. The fourth-order valence-corrected chi connectivity index (χ4v) is 8.19. The molecule has 3 aromatic carbocycles. The number of nitrogens with zero attached hydrogens (tertiary/aromatic N) is 5. The Morgan fingerprint density at radius 2 is 1.74 bits per heavy atom. The van der Waals surface area contributed by atoms with Gasteiger partial charge >= 0.3 is 12.0 Å². The quantitative estimate of drug-likeness (QED) is 0.355. The van der Waals surface area contributed by atoms with Crippen molar-refractivity contribution in [2.45, 2.75) is 56.1 Å². The number of anilines is 1. The van der Waals surface area contributed by atoms with E-state index in [2.05, 4.69) is 34.1 Å². The molecule has 2 atom stereocenters. The van der Waals surface area contributed by atoms with Gasteiger partial charge in [0.05, 0.1) is 23.1 Å². The van der Waals surface area contributed by atoms with E-state index >= 15 is 0 Å². The Morgan fingerprint density at radius 1 is 0.976 bits per heavy atom. The van der Waals surface area contributed by atoms with Crippen LogP contribution in [0.3, 0.4) is 0 Å². The number of benzene rings is 3. The molecule has 0 aliphatic carbocycles. The van der Waals surface area contributed by atoms with Gasteiger partial charge in [0.1, 0.15) is 18.2 Å². The van der Waals surface area contributed by atoms with Gasteiger partial charge in [-0.05, 0) is 97.8 Å². The van der Waals surface area contributed by atoms with E-state index in [1.54, 1.807) is 6.07 Å². The number of amides is 2. The van der Waals surface area contributed by atoms with Crippen LogP contribution in [0.15, 0.2) is 54.6 Å². The molecule has 5 heterocycles. The van der Waals surface area contributed by atoms with Gasteiger partial charge in [0.15, 0.2) is 0 Å². The van der Waals surface area contributed by atoms with Gasteiger partial charge in [-0.15, -0.1) is 0 Å². The van der Waals surface area contributed by atoms with Crippen molar-refractivity contribution in [1.29, 1.82) is 0 Å². The lowest BCUT2D eigenvalue weighted by Gasteiger charge is -2.41. The van der Waals surface area contributed by atoms with Crippen LogP contribution < -0.4 is 15.4 Å². The number of fused-ring (bicyclic) bond motifs is 5. The Labute approximate surface area is 244 Å². The summed E-state index contributed by atoms with van der Waals surface area (Å²) in [6.07, 6.45) is 6.62. The largest absolute Gasteiger partial charge is 0.508 e. The topological polar surface area (TPSA) is 108 Å². The van der Waals surface area contributed by atoms with E-state index in [1.165, 1.54) is 12.8 Å². The van der Waals surface area contributed by atoms with Crippen LogP contribution in [0.1, 0.15) is 38.5 Å². The van der Waals surface area contributed by atoms with Crippen molar-refractivity contribution in [2.75, 3.05) is 37.7 Å². The van der Waals surface area contributed by atoms with Crippen molar-refractivity contribution >= 4 is 33.5 Å². The molecule has 4 saturated heterocycles. The number of aromatic hydroxyl groups is 1. The Bertz CT molecular complexity index is 1680. The molecular formula is C33H36N6O3. The van der Waals surface area contributed by atoms with E-state index in [1.807, 2.05) is 29.2 Å². The molecule has 9 heteroatoms. The molecule has 4 aromatic rings. The first-order valence-corrected chi connectivity index (χ1v) is 15.2. The molecule has 4 aliphatic rings. The first kappa shape index (κ1) is 25.6. The summed E-state index contributed by atoms with van der Waals surface area (Å²) in [6.45, 7) is 4.24. The molecule has 3 N–H and O–H groups in total. The monoisotopic (exact) mass is 564 g/mol. The number of rotatable bonds is 5. The zero-order valence-corrected chi connectivity index (χ0v) is 23.7. The molecule has 0 saturated carbocycles. The van der Waals surface area contributed by atoms with Gasteiger partial charge in [0.2, 0.25) is 0 Å². The molecule has 2 bridgehead atoms. The molecule has 2 unspecified atom stereocenters. The fourth-order valence-electron chi connectivity index (χ4n) is 8.19. The highest BCUT2D eigenvalue weighted by Crippen LogP contribution is 2.41. The molecule has 8 rings (SSSR count). The van der Waals surface area contributed by atoms with E-state index in [9.17, 15) is 9.90 Å². The van der Waals surface area contributed by atoms with E-state index in [4.69, 9.17) is 20.4 Å². The summed E-state index contributed by atoms with van der Waals surface area (Å²) in [5.41, 5.74) is 8.57. The summed E-state index contributed by atoms with van der Waals surface area (Å²) < 4.78 is 6.48. The smallest absolute Gasteiger partial charge is 0.319 e. The van der Waals surface area contributed by atoms with Gasteiger partial charge in [-0.3, -0.25) is 4.90 Å². The third-order valence-electron chi connectivity index (χ3n) is 10.1. The molecule has 9 nitrogen and oxygen atoms in total. The Morgan fingerprint density at radius 3 is 2.50 bits per heavy atom. The Kier molecular flexibility index (Phi) is 5.93. The lowest BCUT2D eigenvalue weighted by molar-refractivity contribution is 0.108. The summed E-state index contributed by atoms with van der Waals surface area (Å²) in [5.74, 6) is 1.08.